The second-order valence-corrected chi connectivity index (χ2v) is 4.98. The molecule has 3 unspecified atom stereocenters. The Bertz CT molecular complexity index is 404. The Hall–Kier alpha value is -1.06. The molecule has 0 saturated carbocycles. The topological polar surface area (TPSA) is 18.5 Å². The number of anilines is 1. The van der Waals surface area contributed by atoms with Crippen LogP contribution in [0.25, 0.3) is 0 Å². The van der Waals surface area contributed by atoms with Gasteiger partial charge in [-0.25, -0.2) is 5.01 Å². The minimum atomic E-state index is 0.546. The molecule has 3 nitrogen and oxygen atoms in total. The molecule has 0 aromatic heterocycles. The van der Waals surface area contributed by atoms with E-state index in [1.807, 2.05) is 0 Å². The van der Waals surface area contributed by atoms with Gasteiger partial charge < -0.3 is 4.90 Å². The summed E-state index contributed by atoms with van der Waals surface area (Å²) in [5.41, 5.74) is 6.37. The van der Waals surface area contributed by atoms with E-state index >= 15 is 0 Å². The first-order valence-corrected chi connectivity index (χ1v) is 5.98. The molecule has 1 saturated heterocycles. The molecule has 1 aromatic carbocycles. The van der Waals surface area contributed by atoms with Crippen LogP contribution in [0.5, 0.6) is 0 Å². The van der Waals surface area contributed by atoms with Crippen molar-refractivity contribution in [1.29, 1.82) is 0 Å². The van der Waals surface area contributed by atoms with Crippen molar-refractivity contribution >= 4 is 5.69 Å². The zero-order chi connectivity index (χ0) is 11.3. The molecular formula is C13H19N3. The predicted octanol–water partition coefficient (Wildman–Crippen LogP) is 1.43. The largest absolute Gasteiger partial charge is 0.369 e. The number of hydrazine groups is 1. The van der Waals surface area contributed by atoms with Gasteiger partial charge in [-0.15, -0.1) is 0 Å². The first kappa shape index (κ1) is 10.1. The third-order valence-electron chi connectivity index (χ3n) is 4.27. The highest BCUT2D eigenvalue weighted by atomic mass is 15.5. The fourth-order valence-electron chi connectivity index (χ4n) is 3.19. The Balaban J connectivity index is 2.06. The van der Waals surface area contributed by atoms with Crippen LogP contribution in [0.15, 0.2) is 24.3 Å². The van der Waals surface area contributed by atoms with Gasteiger partial charge in [-0.1, -0.05) is 18.2 Å². The van der Waals surface area contributed by atoms with Crippen LogP contribution in [0.4, 0.5) is 5.69 Å². The van der Waals surface area contributed by atoms with E-state index < -0.39 is 0 Å². The van der Waals surface area contributed by atoms with Crippen molar-refractivity contribution in [1.82, 2.24) is 10.4 Å². The van der Waals surface area contributed by atoms with Crippen molar-refractivity contribution in [3.8, 4) is 0 Å². The monoisotopic (exact) mass is 217 g/mol. The first-order chi connectivity index (χ1) is 7.70. The Kier molecular flexibility index (Phi) is 2.19. The molecule has 0 radical (unpaired) electrons. The molecule has 3 rings (SSSR count). The van der Waals surface area contributed by atoms with Crippen LogP contribution < -0.4 is 10.3 Å². The summed E-state index contributed by atoms with van der Waals surface area (Å²) in [4.78, 5) is 2.43. The van der Waals surface area contributed by atoms with Crippen LogP contribution in [0.2, 0.25) is 0 Å². The molecule has 1 aromatic rings. The van der Waals surface area contributed by atoms with E-state index in [0.717, 1.165) is 6.54 Å². The van der Waals surface area contributed by atoms with Crippen molar-refractivity contribution in [2.45, 2.75) is 24.9 Å². The lowest BCUT2D eigenvalue weighted by molar-refractivity contribution is 0.101. The molecule has 0 aliphatic carbocycles. The lowest BCUT2D eigenvalue weighted by atomic mass is 9.87. The van der Waals surface area contributed by atoms with Crippen molar-refractivity contribution in [2.24, 2.45) is 0 Å². The Morgan fingerprint density at radius 2 is 2.00 bits per heavy atom. The molecule has 2 aliphatic heterocycles. The van der Waals surface area contributed by atoms with Crippen LogP contribution in [0.1, 0.15) is 18.4 Å². The molecule has 2 heterocycles. The number of hydrogen-bond acceptors (Lipinski definition) is 3. The summed E-state index contributed by atoms with van der Waals surface area (Å²) >= 11 is 0. The van der Waals surface area contributed by atoms with Gasteiger partial charge in [-0.2, -0.15) is 0 Å². The van der Waals surface area contributed by atoms with Gasteiger partial charge in [0.1, 0.15) is 0 Å². The predicted molar refractivity (Wildman–Crippen MR) is 66.6 cm³/mol. The highest BCUT2D eigenvalue weighted by molar-refractivity contribution is 5.62. The third kappa shape index (κ3) is 1.22. The maximum atomic E-state index is 3.46. The molecule has 3 heteroatoms. The standard InChI is InChI=1S/C13H19N3/c1-9-13-10-6-4-5-7-11(10)15(2)12(13)8-14-16(9)3/h4-7,9,12-14H,8H2,1-3H3. The van der Waals surface area contributed by atoms with E-state index in [9.17, 15) is 0 Å². The minimum absolute atomic E-state index is 0.546. The third-order valence-corrected chi connectivity index (χ3v) is 4.27. The average molecular weight is 217 g/mol. The molecule has 16 heavy (non-hydrogen) atoms. The zero-order valence-electron chi connectivity index (χ0n) is 10.1. The van der Waals surface area contributed by atoms with E-state index in [1.165, 1.54) is 11.3 Å². The van der Waals surface area contributed by atoms with Crippen LogP contribution in [-0.2, 0) is 0 Å². The molecule has 1 N–H and O–H groups in total. The number of benzene rings is 1. The summed E-state index contributed by atoms with van der Waals surface area (Å²) in [6.07, 6.45) is 0. The van der Waals surface area contributed by atoms with Crippen LogP contribution in [0.3, 0.4) is 0 Å². The molecule has 0 bridgehead atoms. The second kappa shape index (κ2) is 3.47. The smallest absolute Gasteiger partial charge is 0.0510 e. The maximum Gasteiger partial charge on any atom is 0.0510 e. The number of fused-ring (bicyclic) bond motifs is 3. The number of nitrogens with zero attached hydrogens (tertiary/aromatic N) is 2. The van der Waals surface area contributed by atoms with Crippen LogP contribution >= 0.6 is 0 Å². The molecule has 3 atom stereocenters. The fraction of sp³-hybridized carbons (Fsp3) is 0.538. The van der Waals surface area contributed by atoms with E-state index in [-0.39, 0.29) is 0 Å². The molecule has 1 fully saturated rings. The summed E-state index contributed by atoms with van der Waals surface area (Å²) in [6.45, 7) is 3.34. The van der Waals surface area contributed by atoms with E-state index in [0.29, 0.717) is 18.0 Å². The SMILES string of the molecule is CC1C2c3ccccc3N(C)C2CNN1C. The first-order valence-electron chi connectivity index (χ1n) is 5.98. The summed E-state index contributed by atoms with van der Waals surface area (Å²) in [5, 5.41) is 2.25. The average Bonchev–Trinajstić information content (AvgIpc) is 2.59. The highest BCUT2D eigenvalue weighted by Crippen LogP contribution is 2.43. The van der Waals surface area contributed by atoms with E-state index in [4.69, 9.17) is 0 Å². The molecular weight excluding hydrogens is 198 g/mol. The number of likely N-dealkylation sites (N-methyl/N-ethyl adjacent to an activating group) is 2. The lowest BCUT2D eigenvalue weighted by Crippen LogP contribution is -2.58. The lowest BCUT2D eigenvalue weighted by Gasteiger charge is -2.41. The minimum Gasteiger partial charge on any atom is -0.369 e. The molecule has 0 amide bonds. The highest BCUT2D eigenvalue weighted by Gasteiger charge is 2.43. The normalized spacial score (nSPS) is 33.7. The second-order valence-electron chi connectivity index (χ2n) is 4.98. The molecule has 86 valence electrons. The van der Waals surface area contributed by atoms with E-state index in [2.05, 4.69) is 60.6 Å². The van der Waals surface area contributed by atoms with Crippen molar-refractivity contribution in [3.05, 3.63) is 29.8 Å². The maximum absolute atomic E-state index is 3.46. The van der Waals surface area contributed by atoms with Crippen molar-refractivity contribution < 1.29 is 0 Å². The Labute approximate surface area is 97.0 Å². The number of rotatable bonds is 0. The molecule has 2 aliphatic rings. The van der Waals surface area contributed by atoms with Gasteiger partial charge in [-0.3, -0.25) is 5.43 Å². The summed E-state index contributed by atoms with van der Waals surface area (Å²) in [5.74, 6) is 0.632. The van der Waals surface area contributed by atoms with Crippen molar-refractivity contribution in [3.63, 3.8) is 0 Å². The van der Waals surface area contributed by atoms with Crippen LogP contribution in [0, 0.1) is 0 Å². The van der Waals surface area contributed by atoms with Gasteiger partial charge in [-0.05, 0) is 18.6 Å². The summed E-state index contributed by atoms with van der Waals surface area (Å²) in [6, 6.07) is 9.96. The number of para-hydroxylation sites is 1. The quantitative estimate of drug-likeness (QED) is 0.709. The van der Waals surface area contributed by atoms with Crippen LogP contribution in [-0.4, -0.2) is 37.7 Å². The number of nitrogens with one attached hydrogen (secondary N) is 1. The van der Waals surface area contributed by atoms with Gasteiger partial charge in [0.05, 0.1) is 6.04 Å². The van der Waals surface area contributed by atoms with Crippen molar-refractivity contribution in [2.75, 3.05) is 25.5 Å². The Morgan fingerprint density at radius 1 is 1.25 bits per heavy atom. The summed E-state index contributed by atoms with van der Waals surface area (Å²) in [7, 11) is 4.35. The van der Waals surface area contributed by atoms with Gasteiger partial charge in [0.2, 0.25) is 0 Å². The van der Waals surface area contributed by atoms with Gasteiger partial charge in [0.25, 0.3) is 0 Å². The molecule has 0 spiro atoms. The van der Waals surface area contributed by atoms with Gasteiger partial charge in [0.15, 0.2) is 0 Å². The van der Waals surface area contributed by atoms with E-state index in [1.54, 1.807) is 0 Å². The van der Waals surface area contributed by atoms with Gasteiger partial charge >= 0.3 is 0 Å². The number of hydrogen-bond donors (Lipinski definition) is 1. The fourth-order valence-corrected chi connectivity index (χ4v) is 3.19. The van der Waals surface area contributed by atoms with Gasteiger partial charge in [0, 0.05) is 38.3 Å². The Morgan fingerprint density at radius 3 is 2.81 bits per heavy atom. The summed E-state index contributed by atoms with van der Waals surface area (Å²) < 4.78 is 0. The zero-order valence-corrected chi connectivity index (χ0v) is 10.1.